The normalized spacial score (nSPS) is 14.2. The second-order valence-corrected chi connectivity index (χ2v) is 6.44. The molecule has 3 aromatic rings. The lowest BCUT2D eigenvalue weighted by Crippen LogP contribution is -2.32. The molecule has 2 heterocycles. The van der Waals surface area contributed by atoms with Crippen molar-refractivity contribution in [3.05, 3.63) is 82.7 Å². The Balaban J connectivity index is 1.56. The molecule has 2 aromatic carbocycles. The molecule has 0 saturated heterocycles. The van der Waals surface area contributed by atoms with Gasteiger partial charge in [0.25, 0.3) is 0 Å². The van der Waals surface area contributed by atoms with E-state index in [4.69, 9.17) is 0 Å². The summed E-state index contributed by atoms with van der Waals surface area (Å²) in [4.78, 5) is 10.7. The summed E-state index contributed by atoms with van der Waals surface area (Å²) in [6.45, 7) is 0.586. The summed E-state index contributed by atoms with van der Waals surface area (Å²) in [5.41, 5.74) is 2.00. The standard InChI is InChI=1S/C20H15F4N3/c21-15-8-16(22)19(24)14(18(15)23)11-27-7-6-17-13(10-27)9-25-20(26-17)12-4-2-1-3-5-12/h1-5,8-9H,6-7,10-11H2. The van der Waals surface area contributed by atoms with Crippen LogP contribution in [0.4, 0.5) is 17.6 Å². The van der Waals surface area contributed by atoms with Crippen molar-refractivity contribution in [1.29, 1.82) is 0 Å². The first-order valence-electron chi connectivity index (χ1n) is 8.47. The summed E-state index contributed by atoms with van der Waals surface area (Å²) in [5.74, 6) is -4.87. The second kappa shape index (κ2) is 7.08. The van der Waals surface area contributed by atoms with Crippen molar-refractivity contribution in [3.63, 3.8) is 0 Å². The van der Waals surface area contributed by atoms with Crippen molar-refractivity contribution in [3.8, 4) is 11.4 Å². The number of rotatable bonds is 3. The lowest BCUT2D eigenvalue weighted by Gasteiger charge is -2.28. The Morgan fingerprint density at radius 1 is 0.963 bits per heavy atom. The molecule has 0 spiro atoms. The van der Waals surface area contributed by atoms with Crippen molar-refractivity contribution in [2.24, 2.45) is 0 Å². The average molecular weight is 373 g/mol. The number of fused-ring (bicyclic) bond motifs is 1. The van der Waals surface area contributed by atoms with E-state index < -0.39 is 28.8 Å². The van der Waals surface area contributed by atoms with Gasteiger partial charge in [0, 0.05) is 55.0 Å². The van der Waals surface area contributed by atoms with E-state index in [1.807, 2.05) is 30.3 Å². The van der Waals surface area contributed by atoms with Crippen LogP contribution in [0.25, 0.3) is 11.4 Å². The number of hydrogen-bond acceptors (Lipinski definition) is 3. The van der Waals surface area contributed by atoms with Crippen molar-refractivity contribution in [1.82, 2.24) is 14.9 Å². The molecule has 1 aromatic heterocycles. The molecule has 0 amide bonds. The van der Waals surface area contributed by atoms with Crippen LogP contribution in [0.15, 0.2) is 42.6 Å². The van der Waals surface area contributed by atoms with E-state index in [9.17, 15) is 17.6 Å². The largest absolute Gasteiger partial charge is 0.294 e. The summed E-state index contributed by atoms with van der Waals surface area (Å²) >= 11 is 0. The number of aromatic nitrogens is 2. The Kier molecular flexibility index (Phi) is 4.61. The minimum Gasteiger partial charge on any atom is -0.294 e. The van der Waals surface area contributed by atoms with Crippen LogP contribution in [-0.2, 0) is 19.5 Å². The van der Waals surface area contributed by atoms with Gasteiger partial charge in [-0.3, -0.25) is 4.90 Å². The zero-order valence-corrected chi connectivity index (χ0v) is 14.2. The molecule has 0 unspecified atom stereocenters. The van der Waals surface area contributed by atoms with Crippen molar-refractivity contribution in [2.75, 3.05) is 6.54 Å². The molecule has 0 bridgehead atoms. The number of benzene rings is 2. The van der Waals surface area contributed by atoms with Crippen LogP contribution in [-0.4, -0.2) is 21.4 Å². The zero-order chi connectivity index (χ0) is 19.0. The summed E-state index contributed by atoms with van der Waals surface area (Å²) in [5, 5.41) is 0. The molecule has 7 heteroatoms. The van der Waals surface area contributed by atoms with Gasteiger partial charge in [-0.1, -0.05) is 30.3 Å². The van der Waals surface area contributed by atoms with Crippen LogP contribution in [0.2, 0.25) is 0 Å². The first-order valence-corrected chi connectivity index (χ1v) is 8.47. The zero-order valence-electron chi connectivity index (χ0n) is 14.2. The maximum Gasteiger partial charge on any atom is 0.166 e. The molecular formula is C20H15F4N3. The lowest BCUT2D eigenvalue weighted by molar-refractivity contribution is 0.233. The van der Waals surface area contributed by atoms with E-state index in [0.29, 0.717) is 25.3 Å². The van der Waals surface area contributed by atoms with Crippen LogP contribution >= 0.6 is 0 Å². The Morgan fingerprint density at radius 3 is 2.37 bits per heavy atom. The molecule has 4 rings (SSSR count). The molecule has 138 valence electrons. The fraction of sp³-hybridized carbons (Fsp3) is 0.200. The summed E-state index contributed by atoms with van der Waals surface area (Å²) < 4.78 is 54.6. The predicted octanol–water partition coefficient (Wildman–Crippen LogP) is 4.26. The van der Waals surface area contributed by atoms with Crippen molar-refractivity contribution >= 4 is 0 Å². The molecule has 1 aliphatic rings. The fourth-order valence-electron chi connectivity index (χ4n) is 3.22. The van der Waals surface area contributed by atoms with Gasteiger partial charge >= 0.3 is 0 Å². The number of halogens is 4. The molecule has 3 nitrogen and oxygen atoms in total. The SMILES string of the molecule is Fc1cc(F)c(F)c(CN2CCc3nc(-c4ccccc4)ncc3C2)c1F. The Bertz CT molecular complexity index is 966. The van der Waals surface area contributed by atoms with Gasteiger partial charge in [0.05, 0.1) is 5.69 Å². The lowest BCUT2D eigenvalue weighted by atomic mass is 10.1. The van der Waals surface area contributed by atoms with Gasteiger partial charge in [-0.15, -0.1) is 0 Å². The van der Waals surface area contributed by atoms with Gasteiger partial charge in [-0.25, -0.2) is 27.5 Å². The second-order valence-electron chi connectivity index (χ2n) is 6.44. The highest BCUT2D eigenvalue weighted by Crippen LogP contribution is 2.25. The van der Waals surface area contributed by atoms with Gasteiger partial charge in [0.2, 0.25) is 0 Å². The van der Waals surface area contributed by atoms with Crippen LogP contribution < -0.4 is 0 Å². The third-order valence-electron chi connectivity index (χ3n) is 4.63. The van der Waals surface area contributed by atoms with Crippen LogP contribution in [0.5, 0.6) is 0 Å². The first kappa shape index (κ1) is 17.6. The highest BCUT2D eigenvalue weighted by Gasteiger charge is 2.24. The van der Waals surface area contributed by atoms with E-state index in [0.717, 1.165) is 16.8 Å². The Hall–Kier alpha value is -2.80. The summed E-state index contributed by atoms with van der Waals surface area (Å²) in [6.07, 6.45) is 2.24. The molecule has 1 aliphatic heterocycles. The van der Waals surface area contributed by atoms with Gasteiger partial charge in [0.15, 0.2) is 29.1 Å². The summed E-state index contributed by atoms with van der Waals surface area (Å²) in [6, 6.07) is 9.77. The van der Waals surface area contributed by atoms with Gasteiger partial charge < -0.3 is 0 Å². The van der Waals surface area contributed by atoms with Crippen LogP contribution in [0.3, 0.4) is 0 Å². The smallest absolute Gasteiger partial charge is 0.166 e. The average Bonchev–Trinajstić information content (AvgIpc) is 2.70. The van der Waals surface area contributed by atoms with E-state index in [1.54, 1.807) is 11.1 Å². The number of hydrogen-bond donors (Lipinski definition) is 0. The maximum atomic E-state index is 13.9. The molecule has 0 fully saturated rings. The topological polar surface area (TPSA) is 29.0 Å². The van der Waals surface area contributed by atoms with Gasteiger partial charge in [0.1, 0.15) is 0 Å². The van der Waals surface area contributed by atoms with Crippen molar-refractivity contribution < 1.29 is 17.6 Å². The third kappa shape index (κ3) is 3.42. The minimum absolute atomic E-state index is 0.221. The van der Waals surface area contributed by atoms with Crippen LogP contribution in [0.1, 0.15) is 16.8 Å². The van der Waals surface area contributed by atoms with Gasteiger partial charge in [-0.2, -0.15) is 0 Å². The summed E-state index contributed by atoms with van der Waals surface area (Å²) in [7, 11) is 0. The Labute approximate surface area is 153 Å². The third-order valence-corrected chi connectivity index (χ3v) is 4.63. The van der Waals surface area contributed by atoms with E-state index in [2.05, 4.69) is 9.97 Å². The van der Waals surface area contributed by atoms with E-state index in [1.165, 1.54) is 0 Å². The Morgan fingerprint density at radius 2 is 1.67 bits per heavy atom. The first-order chi connectivity index (χ1) is 13.0. The van der Waals surface area contributed by atoms with E-state index >= 15 is 0 Å². The molecule has 0 atom stereocenters. The monoisotopic (exact) mass is 373 g/mol. The molecule has 0 aliphatic carbocycles. The quantitative estimate of drug-likeness (QED) is 0.508. The molecule has 0 radical (unpaired) electrons. The minimum atomic E-state index is -1.39. The molecule has 27 heavy (non-hydrogen) atoms. The highest BCUT2D eigenvalue weighted by molar-refractivity contribution is 5.54. The highest BCUT2D eigenvalue weighted by atomic mass is 19.2. The van der Waals surface area contributed by atoms with E-state index in [-0.39, 0.29) is 12.6 Å². The van der Waals surface area contributed by atoms with Crippen LogP contribution in [0, 0.1) is 23.3 Å². The van der Waals surface area contributed by atoms with Gasteiger partial charge in [-0.05, 0) is 0 Å². The molecule has 0 N–H and O–H groups in total. The molecular weight excluding hydrogens is 358 g/mol. The van der Waals surface area contributed by atoms with Crippen molar-refractivity contribution in [2.45, 2.75) is 19.5 Å². The fourth-order valence-corrected chi connectivity index (χ4v) is 3.22. The maximum absolute atomic E-state index is 13.9. The molecule has 0 saturated carbocycles. The predicted molar refractivity (Wildman–Crippen MR) is 91.6 cm³/mol. The number of nitrogens with zero attached hydrogens (tertiary/aromatic N) is 3.